The minimum absolute atomic E-state index is 0.509. The van der Waals surface area contributed by atoms with Crippen molar-refractivity contribution < 1.29 is 0 Å². The molecule has 0 atom stereocenters. The molecular weight excluding hydrogens is 377 g/mol. The molecule has 1 heterocycles. The number of nitrogens with zero attached hydrogens (tertiary/aromatic N) is 4. The molecule has 0 spiro atoms. The summed E-state index contributed by atoms with van der Waals surface area (Å²) in [6.07, 6.45) is 0. The van der Waals surface area contributed by atoms with Crippen LogP contribution in [0.3, 0.4) is 0 Å². The van der Waals surface area contributed by atoms with E-state index in [1.165, 1.54) is 0 Å². The SMILES string of the molecule is Nc1cc(-c2nnnn2-c2cc(Cl)cc(Cl)c2)ccc1Br. The van der Waals surface area contributed by atoms with E-state index in [1.807, 2.05) is 12.1 Å². The number of aromatic nitrogens is 4. The second kappa shape index (κ2) is 5.63. The van der Waals surface area contributed by atoms with Crippen LogP contribution in [0.2, 0.25) is 10.0 Å². The summed E-state index contributed by atoms with van der Waals surface area (Å²) in [4.78, 5) is 0. The summed E-state index contributed by atoms with van der Waals surface area (Å²) in [5.74, 6) is 0.549. The summed E-state index contributed by atoms with van der Waals surface area (Å²) in [6.45, 7) is 0. The lowest BCUT2D eigenvalue weighted by atomic mass is 10.2. The molecule has 21 heavy (non-hydrogen) atoms. The van der Waals surface area contributed by atoms with E-state index in [4.69, 9.17) is 28.9 Å². The van der Waals surface area contributed by atoms with Gasteiger partial charge in [0.1, 0.15) is 0 Å². The smallest absolute Gasteiger partial charge is 0.187 e. The molecule has 0 saturated carbocycles. The Hall–Kier alpha value is -1.63. The maximum atomic E-state index is 6.02. The Morgan fingerprint density at radius 3 is 2.43 bits per heavy atom. The maximum absolute atomic E-state index is 6.02. The molecule has 0 bridgehead atoms. The predicted molar refractivity (Wildman–Crippen MR) is 86.7 cm³/mol. The molecule has 0 radical (unpaired) electrons. The van der Waals surface area contributed by atoms with Crippen LogP contribution in [0.1, 0.15) is 0 Å². The van der Waals surface area contributed by atoms with E-state index in [2.05, 4.69) is 31.5 Å². The Kier molecular flexibility index (Phi) is 3.84. The van der Waals surface area contributed by atoms with Crippen molar-refractivity contribution in [2.75, 3.05) is 5.73 Å². The molecule has 3 aromatic rings. The topological polar surface area (TPSA) is 69.6 Å². The second-order valence-electron chi connectivity index (χ2n) is 4.28. The first kappa shape index (κ1) is 14.3. The van der Waals surface area contributed by atoms with Crippen LogP contribution in [0.5, 0.6) is 0 Å². The highest BCUT2D eigenvalue weighted by Crippen LogP contribution is 2.28. The molecule has 5 nitrogen and oxygen atoms in total. The number of rotatable bonds is 2. The lowest BCUT2D eigenvalue weighted by molar-refractivity contribution is 0.791. The number of tetrazole rings is 1. The highest BCUT2D eigenvalue weighted by atomic mass is 79.9. The average molecular weight is 385 g/mol. The molecule has 0 aliphatic heterocycles. The summed E-state index contributed by atoms with van der Waals surface area (Å²) in [5, 5.41) is 12.7. The van der Waals surface area contributed by atoms with Crippen LogP contribution < -0.4 is 5.73 Å². The number of nitrogens with two attached hydrogens (primary N) is 1. The number of anilines is 1. The van der Waals surface area contributed by atoms with Crippen LogP contribution in [-0.4, -0.2) is 20.2 Å². The lowest BCUT2D eigenvalue weighted by Crippen LogP contribution is -2.00. The van der Waals surface area contributed by atoms with Crippen molar-refractivity contribution in [1.82, 2.24) is 20.2 Å². The summed E-state index contributed by atoms with van der Waals surface area (Å²) >= 11 is 15.4. The molecular formula is C13H8BrCl2N5. The van der Waals surface area contributed by atoms with Crippen LogP contribution in [-0.2, 0) is 0 Å². The zero-order chi connectivity index (χ0) is 15.0. The highest BCUT2D eigenvalue weighted by Gasteiger charge is 2.13. The maximum Gasteiger partial charge on any atom is 0.187 e. The van der Waals surface area contributed by atoms with E-state index in [0.29, 0.717) is 27.2 Å². The molecule has 0 amide bonds. The van der Waals surface area contributed by atoms with Crippen molar-refractivity contribution in [3.05, 3.63) is 50.9 Å². The molecule has 106 valence electrons. The molecule has 0 fully saturated rings. The zero-order valence-corrected chi connectivity index (χ0v) is 13.6. The van der Waals surface area contributed by atoms with Gasteiger partial charge in [-0.1, -0.05) is 23.2 Å². The summed E-state index contributed by atoms with van der Waals surface area (Å²) in [7, 11) is 0. The molecule has 8 heteroatoms. The first-order valence-corrected chi connectivity index (χ1v) is 7.40. The Morgan fingerprint density at radius 2 is 1.76 bits per heavy atom. The van der Waals surface area contributed by atoms with E-state index in [-0.39, 0.29) is 0 Å². The normalized spacial score (nSPS) is 10.8. The van der Waals surface area contributed by atoms with Gasteiger partial charge in [0.25, 0.3) is 0 Å². The highest BCUT2D eigenvalue weighted by molar-refractivity contribution is 9.10. The number of halogens is 3. The van der Waals surface area contributed by atoms with Gasteiger partial charge < -0.3 is 5.73 Å². The van der Waals surface area contributed by atoms with Crippen LogP contribution >= 0.6 is 39.1 Å². The van der Waals surface area contributed by atoms with Crippen molar-refractivity contribution in [2.24, 2.45) is 0 Å². The number of nitrogen functional groups attached to an aromatic ring is 1. The fourth-order valence-corrected chi connectivity index (χ4v) is 2.65. The minimum Gasteiger partial charge on any atom is -0.398 e. The molecule has 2 aromatic carbocycles. The van der Waals surface area contributed by atoms with Gasteiger partial charge in [0.2, 0.25) is 0 Å². The van der Waals surface area contributed by atoms with E-state index in [0.717, 1.165) is 10.0 Å². The fourth-order valence-electron chi connectivity index (χ4n) is 1.89. The third-order valence-corrected chi connectivity index (χ3v) is 3.97. The number of hydrogen-bond acceptors (Lipinski definition) is 4. The molecule has 1 aromatic heterocycles. The Bertz CT molecular complexity index is 798. The standard InChI is InChI=1S/C13H8BrCl2N5/c14-11-2-1-7(3-12(11)17)13-18-19-20-21(13)10-5-8(15)4-9(16)6-10/h1-6H,17H2. The summed E-state index contributed by atoms with van der Waals surface area (Å²) in [5.41, 5.74) is 7.96. The monoisotopic (exact) mass is 383 g/mol. The van der Waals surface area contributed by atoms with Crippen molar-refractivity contribution in [1.29, 1.82) is 0 Å². The predicted octanol–water partition coefficient (Wildman–Crippen LogP) is 3.98. The van der Waals surface area contributed by atoms with Crippen molar-refractivity contribution in [3.63, 3.8) is 0 Å². The number of hydrogen-bond donors (Lipinski definition) is 1. The molecule has 0 saturated heterocycles. The van der Waals surface area contributed by atoms with Gasteiger partial charge in [-0.25, -0.2) is 0 Å². The number of benzene rings is 2. The molecule has 2 N–H and O–H groups in total. The van der Waals surface area contributed by atoms with Crippen molar-refractivity contribution in [3.8, 4) is 17.1 Å². The molecule has 0 unspecified atom stereocenters. The Balaban J connectivity index is 2.14. The van der Waals surface area contributed by atoms with E-state index in [9.17, 15) is 0 Å². The van der Waals surface area contributed by atoms with E-state index >= 15 is 0 Å². The van der Waals surface area contributed by atoms with Crippen molar-refractivity contribution >= 4 is 44.8 Å². The van der Waals surface area contributed by atoms with E-state index in [1.54, 1.807) is 28.9 Å². The molecule has 0 aliphatic carbocycles. The van der Waals surface area contributed by atoms with E-state index < -0.39 is 0 Å². The quantitative estimate of drug-likeness (QED) is 0.678. The second-order valence-corrected chi connectivity index (χ2v) is 6.01. The average Bonchev–Trinajstić information content (AvgIpc) is 2.90. The van der Waals surface area contributed by atoms with Gasteiger partial charge >= 0.3 is 0 Å². The summed E-state index contributed by atoms with van der Waals surface area (Å²) < 4.78 is 2.37. The third kappa shape index (κ3) is 2.88. The van der Waals surface area contributed by atoms with Gasteiger partial charge in [0, 0.05) is 25.8 Å². The fraction of sp³-hybridized carbons (Fsp3) is 0. The van der Waals surface area contributed by atoms with Gasteiger partial charge in [-0.3, -0.25) is 0 Å². The molecule has 3 rings (SSSR count). The lowest BCUT2D eigenvalue weighted by Gasteiger charge is -2.07. The van der Waals surface area contributed by atoms with Crippen LogP contribution in [0.4, 0.5) is 5.69 Å². The molecule has 0 aliphatic rings. The largest absolute Gasteiger partial charge is 0.398 e. The van der Waals surface area contributed by atoms with Gasteiger partial charge in [0.15, 0.2) is 5.82 Å². The van der Waals surface area contributed by atoms with Gasteiger partial charge in [-0.05, 0) is 62.8 Å². The van der Waals surface area contributed by atoms with Crippen LogP contribution in [0.15, 0.2) is 40.9 Å². The third-order valence-electron chi connectivity index (χ3n) is 2.82. The Morgan fingerprint density at radius 1 is 1.05 bits per heavy atom. The van der Waals surface area contributed by atoms with Crippen molar-refractivity contribution in [2.45, 2.75) is 0 Å². The van der Waals surface area contributed by atoms with Gasteiger partial charge in [0.05, 0.1) is 5.69 Å². The Labute approximate surface area is 138 Å². The van der Waals surface area contributed by atoms with Crippen LogP contribution in [0, 0.1) is 0 Å². The summed E-state index contributed by atoms with van der Waals surface area (Å²) in [6, 6.07) is 10.6. The first-order chi connectivity index (χ1) is 10.0. The minimum atomic E-state index is 0.509. The van der Waals surface area contributed by atoms with Crippen LogP contribution in [0.25, 0.3) is 17.1 Å². The van der Waals surface area contributed by atoms with Gasteiger partial charge in [-0.2, -0.15) is 4.68 Å². The zero-order valence-electron chi connectivity index (χ0n) is 10.5. The first-order valence-electron chi connectivity index (χ1n) is 5.85. The van der Waals surface area contributed by atoms with Gasteiger partial charge in [-0.15, -0.1) is 5.10 Å².